The third-order valence-electron chi connectivity index (χ3n) is 7.63. The molecule has 7 atom stereocenters. The number of benzene rings is 2. The van der Waals surface area contributed by atoms with Gasteiger partial charge in [0.15, 0.2) is 0 Å². The number of rotatable bonds is 7. The van der Waals surface area contributed by atoms with Crippen LogP contribution in [0, 0.1) is 11.8 Å². The summed E-state index contributed by atoms with van der Waals surface area (Å²) < 4.78 is 11.7. The molecule has 1 spiro atoms. The highest BCUT2D eigenvalue weighted by Gasteiger charge is 2.77. The van der Waals surface area contributed by atoms with Crippen molar-refractivity contribution in [2.24, 2.45) is 11.8 Å². The minimum Gasteiger partial charge on any atom is -0.466 e. The molecular formula is C26H29BrN2O6. The summed E-state index contributed by atoms with van der Waals surface area (Å²) in [5, 5.41) is 15.1. The minimum absolute atomic E-state index is 0.187. The molecule has 3 aliphatic heterocycles. The van der Waals surface area contributed by atoms with E-state index in [-0.39, 0.29) is 23.9 Å². The predicted molar refractivity (Wildman–Crippen MR) is 133 cm³/mol. The molecule has 2 aromatic carbocycles. The van der Waals surface area contributed by atoms with Crippen LogP contribution in [-0.4, -0.2) is 69.6 Å². The third-order valence-corrected chi connectivity index (χ3v) is 8.47. The summed E-state index contributed by atoms with van der Waals surface area (Å²) in [5.41, 5.74) is -0.584. The van der Waals surface area contributed by atoms with E-state index < -0.39 is 47.5 Å². The number of nitrogens with zero attached hydrogens (tertiary/aromatic N) is 1. The van der Waals surface area contributed by atoms with Crippen LogP contribution in [-0.2, 0) is 23.9 Å². The number of carbonyl (C=O) groups excluding carboxylic acids is 3. The lowest BCUT2D eigenvalue weighted by Crippen LogP contribution is -2.56. The van der Waals surface area contributed by atoms with Gasteiger partial charge in [0.05, 0.1) is 37.2 Å². The maximum absolute atomic E-state index is 13.9. The lowest BCUT2D eigenvalue weighted by molar-refractivity contribution is -0.155. The van der Waals surface area contributed by atoms with E-state index in [1.807, 2.05) is 49.4 Å². The number of aliphatic hydroxyl groups is 1. The number of hydrogen-bond acceptors (Lipinski definition) is 6. The number of aliphatic hydroxyl groups excluding tert-OH is 1. The molecular weight excluding hydrogens is 516 g/mol. The van der Waals surface area contributed by atoms with Gasteiger partial charge >= 0.3 is 5.97 Å². The molecule has 2 amide bonds. The van der Waals surface area contributed by atoms with E-state index in [1.54, 1.807) is 6.92 Å². The average molecular weight is 545 g/mol. The fraction of sp³-hybridized carbons (Fsp3) is 0.500. The highest BCUT2D eigenvalue weighted by Crippen LogP contribution is 2.60. The number of amides is 2. The van der Waals surface area contributed by atoms with Crippen molar-refractivity contribution in [3.8, 4) is 0 Å². The zero-order chi connectivity index (χ0) is 24.9. The topological polar surface area (TPSA) is 105 Å². The number of alkyl halides is 1. The smallest absolute Gasteiger partial charge is 0.312 e. The SMILES string of the molecule is CCOC(=O)[C@H]1[C@H]2C(=O)N([C@@H](CC)CO)C(C(=O)Nc3ccc4ccccc4c3)C23CC(Br)[C@@H]1O3. The van der Waals surface area contributed by atoms with E-state index in [0.717, 1.165) is 10.8 Å². The van der Waals surface area contributed by atoms with E-state index in [0.29, 0.717) is 18.5 Å². The number of fused-ring (bicyclic) bond motifs is 2. The predicted octanol–water partition coefficient (Wildman–Crippen LogP) is 2.86. The zero-order valence-corrected chi connectivity index (χ0v) is 21.2. The van der Waals surface area contributed by atoms with Crippen LogP contribution in [0.2, 0.25) is 0 Å². The van der Waals surface area contributed by atoms with Crippen LogP contribution in [0.5, 0.6) is 0 Å². The van der Waals surface area contributed by atoms with Crippen LogP contribution < -0.4 is 5.32 Å². The monoisotopic (exact) mass is 544 g/mol. The molecule has 0 radical (unpaired) electrons. The molecule has 2 aromatic rings. The number of ether oxygens (including phenoxy) is 2. The fourth-order valence-electron chi connectivity index (χ4n) is 6.16. The molecule has 3 saturated heterocycles. The fourth-order valence-corrected chi connectivity index (χ4v) is 7.10. The van der Waals surface area contributed by atoms with Gasteiger partial charge in [-0.2, -0.15) is 0 Å². The number of halogens is 1. The zero-order valence-electron chi connectivity index (χ0n) is 19.6. The number of carbonyl (C=O) groups is 3. The van der Waals surface area contributed by atoms with Crippen LogP contribution in [0.1, 0.15) is 26.7 Å². The minimum atomic E-state index is -1.18. The van der Waals surface area contributed by atoms with Gasteiger partial charge in [0.2, 0.25) is 11.8 Å². The first kappa shape index (κ1) is 24.2. The molecule has 5 rings (SSSR count). The summed E-state index contributed by atoms with van der Waals surface area (Å²) in [5.74, 6) is -2.88. The number of esters is 1. The van der Waals surface area contributed by atoms with Crippen LogP contribution in [0.4, 0.5) is 5.69 Å². The summed E-state index contributed by atoms with van der Waals surface area (Å²) >= 11 is 3.62. The molecule has 8 nitrogen and oxygen atoms in total. The van der Waals surface area contributed by atoms with Crippen molar-refractivity contribution < 1.29 is 29.0 Å². The Bertz CT molecular complexity index is 1170. The van der Waals surface area contributed by atoms with Gasteiger partial charge < -0.3 is 24.8 Å². The molecule has 0 aliphatic carbocycles. The second-order valence-electron chi connectivity index (χ2n) is 9.46. The maximum atomic E-state index is 13.9. The van der Waals surface area contributed by atoms with Gasteiger partial charge in [-0.15, -0.1) is 0 Å². The molecule has 0 aromatic heterocycles. The average Bonchev–Trinajstić information content (AvgIpc) is 3.44. The Morgan fingerprint density at radius 2 is 2.00 bits per heavy atom. The van der Waals surface area contributed by atoms with E-state index in [4.69, 9.17) is 9.47 Å². The van der Waals surface area contributed by atoms with Crippen molar-refractivity contribution in [3.05, 3.63) is 42.5 Å². The maximum Gasteiger partial charge on any atom is 0.312 e. The molecule has 3 aliphatic rings. The Hall–Kier alpha value is -2.49. The third kappa shape index (κ3) is 3.67. The van der Waals surface area contributed by atoms with Gasteiger partial charge in [0.25, 0.3) is 0 Å². The Balaban J connectivity index is 1.54. The number of nitrogens with one attached hydrogen (secondary N) is 1. The quantitative estimate of drug-likeness (QED) is 0.410. The van der Waals surface area contributed by atoms with Crippen LogP contribution in [0.15, 0.2) is 42.5 Å². The van der Waals surface area contributed by atoms with E-state index >= 15 is 0 Å². The van der Waals surface area contributed by atoms with Crippen molar-refractivity contribution in [1.82, 2.24) is 4.90 Å². The van der Waals surface area contributed by atoms with Crippen molar-refractivity contribution in [3.63, 3.8) is 0 Å². The summed E-state index contributed by atoms with van der Waals surface area (Å²) in [6.07, 6.45) is 0.295. The van der Waals surface area contributed by atoms with E-state index in [9.17, 15) is 19.5 Å². The van der Waals surface area contributed by atoms with Gasteiger partial charge in [-0.3, -0.25) is 14.4 Å². The van der Waals surface area contributed by atoms with Crippen molar-refractivity contribution in [2.45, 2.75) is 55.3 Å². The summed E-state index contributed by atoms with van der Waals surface area (Å²) in [6, 6.07) is 11.9. The summed E-state index contributed by atoms with van der Waals surface area (Å²) in [6.45, 7) is 3.46. The Morgan fingerprint density at radius 3 is 2.69 bits per heavy atom. The largest absolute Gasteiger partial charge is 0.466 e. The van der Waals surface area contributed by atoms with Gasteiger partial charge in [-0.25, -0.2) is 0 Å². The highest BCUT2D eigenvalue weighted by molar-refractivity contribution is 9.09. The second kappa shape index (κ2) is 9.19. The number of hydrogen-bond donors (Lipinski definition) is 2. The van der Waals surface area contributed by atoms with Crippen LogP contribution in [0.3, 0.4) is 0 Å². The van der Waals surface area contributed by atoms with Crippen molar-refractivity contribution in [1.29, 1.82) is 0 Å². The van der Waals surface area contributed by atoms with Gasteiger partial charge in [0.1, 0.15) is 11.6 Å². The molecule has 2 N–H and O–H groups in total. The summed E-state index contributed by atoms with van der Waals surface area (Å²) in [7, 11) is 0. The van der Waals surface area contributed by atoms with Gasteiger partial charge in [0, 0.05) is 10.5 Å². The van der Waals surface area contributed by atoms with Gasteiger partial charge in [-0.1, -0.05) is 53.2 Å². The first-order chi connectivity index (χ1) is 16.9. The lowest BCUT2D eigenvalue weighted by Gasteiger charge is -2.36. The molecule has 9 heteroatoms. The normalized spacial score (nSPS) is 32.1. The number of anilines is 1. The molecule has 186 valence electrons. The Kier molecular flexibility index (Phi) is 6.35. The van der Waals surface area contributed by atoms with E-state index in [1.165, 1.54) is 4.90 Å². The summed E-state index contributed by atoms with van der Waals surface area (Å²) in [4.78, 5) is 41.9. The Labute approximate surface area is 212 Å². The first-order valence-electron chi connectivity index (χ1n) is 12.1. The molecule has 2 bridgehead atoms. The van der Waals surface area contributed by atoms with Crippen molar-refractivity contribution in [2.75, 3.05) is 18.5 Å². The lowest BCUT2D eigenvalue weighted by atomic mass is 9.70. The second-order valence-corrected chi connectivity index (χ2v) is 10.6. The van der Waals surface area contributed by atoms with Crippen LogP contribution in [0.25, 0.3) is 10.8 Å². The molecule has 35 heavy (non-hydrogen) atoms. The molecule has 3 heterocycles. The highest BCUT2D eigenvalue weighted by atomic mass is 79.9. The first-order valence-corrected chi connectivity index (χ1v) is 13.0. The standard InChI is InChI=1S/C26H29BrN2O6/c1-3-17(13-30)29-22(23(31)28-16-10-9-14-7-5-6-8-15(14)11-16)26-12-18(27)21(35-26)19(20(26)24(29)32)25(33)34-4-2/h5-11,17-22,30H,3-4,12-13H2,1-2H3,(H,28,31)/t17-,18?,19-,20-,21-,22?,26?/m0/s1. The number of likely N-dealkylation sites (tertiary alicyclic amines) is 1. The molecule has 3 unspecified atom stereocenters. The van der Waals surface area contributed by atoms with E-state index in [2.05, 4.69) is 21.2 Å². The molecule has 3 fully saturated rings. The Morgan fingerprint density at radius 1 is 1.26 bits per heavy atom. The van der Waals surface area contributed by atoms with Crippen molar-refractivity contribution >= 4 is 50.2 Å². The van der Waals surface area contributed by atoms with Gasteiger partial charge in [-0.05, 0) is 42.7 Å². The van der Waals surface area contributed by atoms with Crippen LogP contribution >= 0.6 is 15.9 Å². The molecule has 0 saturated carbocycles.